The lowest BCUT2D eigenvalue weighted by Crippen LogP contribution is -2.17. The molecular weight excluding hydrogens is 448 g/mol. The number of nitrogens with zero attached hydrogens (tertiary/aromatic N) is 2. The van der Waals surface area contributed by atoms with Crippen LogP contribution in [0.1, 0.15) is 18.4 Å². The summed E-state index contributed by atoms with van der Waals surface area (Å²) in [5.74, 6) is 3.16. The smallest absolute Gasteiger partial charge is 0.248 e. The van der Waals surface area contributed by atoms with Gasteiger partial charge in [0.1, 0.15) is 0 Å². The summed E-state index contributed by atoms with van der Waals surface area (Å²) in [5.41, 5.74) is 1.76. The standard InChI is InChI=1S/C23H24N2O5S2/c1-5-12-25-18-14-19(29-3)20(30-4)15-21(18)31-23(25)24-22(26)7-6-13-32(27,28)17-10-8-16(2)9-11-17/h1,8-11,14-15H,6-7,12-13H2,2-4H3. The van der Waals surface area contributed by atoms with E-state index in [0.717, 1.165) is 15.8 Å². The number of carbonyl (C=O) groups excluding carboxylic acids is 1. The van der Waals surface area contributed by atoms with Crippen LogP contribution in [-0.2, 0) is 21.2 Å². The van der Waals surface area contributed by atoms with Gasteiger partial charge in [0.15, 0.2) is 26.1 Å². The Hall–Kier alpha value is -3.09. The van der Waals surface area contributed by atoms with E-state index in [4.69, 9.17) is 15.9 Å². The summed E-state index contributed by atoms with van der Waals surface area (Å²) in [6.45, 7) is 2.12. The highest BCUT2D eigenvalue weighted by molar-refractivity contribution is 7.91. The number of hydrogen-bond donors (Lipinski definition) is 0. The summed E-state index contributed by atoms with van der Waals surface area (Å²) >= 11 is 1.30. The monoisotopic (exact) mass is 472 g/mol. The maximum atomic E-state index is 12.5. The average Bonchev–Trinajstić information content (AvgIpc) is 3.08. The number of aromatic nitrogens is 1. The molecule has 2 aromatic carbocycles. The van der Waals surface area contributed by atoms with E-state index in [1.807, 2.05) is 13.0 Å². The summed E-state index contributed by atoms with van der Waals surface area (Å²) in [7, 11) is -0.358. The fourth-order valence-electron chi connectivity index (χ4n) is 3.17. The van der Waals surface area contributed by atoms with Gasteiger partial charge in [-0.05, 0) is 25.5 Å². The predicted molar refractivity (Wildman–Crippen MR) is 125 cm³/mol. The van der Waals surface area contributed by atoms with Crippen LogP contribution >= 0.6 is 11.3 Å². The third kappa shape index (κ3) is 5.21. The molecule has 0 fully saturated rings. The van der Waals surface area contributed by atoms with E-state index in [9.17, 15) is 13.2 Å². The second-order valence-corrected chi connectivity index (χ2v) is 10.2. The van der Waals surface area contributed by atoms with Gasteiger partial charge in [0.25, 0.3) is 0 Å². The van der Waals surface area contributed by atoms with Crippen molar-refractivity contribution in [2.24, 2.45) is 4.99 Å². The summed E-state index contributed by atoms with van der Waals surface area (Å²) in [4.78, 5) is 17.4. The molecule has 7 nitrogen and oxygen atoms in total. The summed E-state index contributed by atoms with van der Waals surface area (Å²) in [5, 5.41) is 0. The Morgan fingerprint density at radius 1 is 1.16 bits per heavy atom. The second-order valence-electron chi connectivity index (χ2n) is 7.09. The van der Waals surface area contributed by atoms with E-state index in [1.54, 1.807) is 49.1 Å². The number of carbonyl (C=O) groups is 1. The lowest BCUT2D eigenvalue weighted by atomic mass is 10.2. The van der Waals surface area contributed by atoms with Crippen LogP contribution in [0, 0.1) is 19.3 Å². The Kier molecular flexibility index (Phi) is 7.38. The zero-order chi connectivity index (χ0) is 23.3. The zero-order valence-electron chi connectivity index (χ0n) is 18.1. The number of fused-ring (bicyclic) bond motifs is 1. The Balaban J connectivity index is 1.81. The van der Waals surface area contributed by atoms with Crippen LogP contribution in [0.3, 0.4) is 0 Å². The molecule has 1 heterocycles. The molecule has 3 aromatic rings. The zero-order valence-corrected chi connectivity index (χ0v) is 19.8. The number of methoxy groups -OCH3 is 2. The molecule has 0 spiro atoms. The lowest BCUT2D eigenvalue weighted by Gasteiger charge is -2.08. The summed E-state index contributed by atoms with van der Waals surface area (Å²) in [6, 6.07) is 10.3. The maximum absolute atomic E-state index is 12.5. The van der Waals surface area contributed by atoms with Crippen molar-refractivity contribution in [1.82, 2.24) is 4.57 Å². The minimum atomic E-state index is -3.45. The van der Waals surface area contributed by atoms with Crippen molar-refractivity contribution in [3.63, 3.8) is 0 Å². The summed E-state index contributed by atoms with van der Waals surface area (Å²) in [6.07, 6.45) is 5.71. The molecule has 0 radical (unpaired) electrons. The minimum Gasteiger partial charge on any atom is -0.493 e. The predicted octanol–water partition coefficient (Wildman–Crippen LogP) is 3.34. The van der Waals surface area contributed by atoms with Gasteiger partial charge in [-0.15, -0.1) is 6.42 Å². The highest BCUT2D eigenvalue weighted by Gasteiger charge is 2.16. The largest absolute Gasteiger partial charge is 0.493 e. The quantitative estimate of drug-likeness (QED) is 0.469. The fourth-order valence-corrected chi connectivity index (χ4v) is 5.53. The van der Waals surface area contributed by atoms with Crippen molar-refractivity contribution in [2.75, 3.05) is 20.0 Å². The van der Waals surface area contributed by atoms with E-state index in [-0.39, 0.29) is 30.0 Å². The van der Waals surface area contributed by atoms with Gasteiger partial charge in [-0.25, -0.2) is 8.42 Å². The molecule has 0 saturated heterocycles. The number of aryl methyl sites for hydroxylation is 1. The van der Waals surface area contributed by atoms with E-state index < -0.39 is 15.7 Å². The second kappa shape index (κ2) is 10.0. The third-order valence-electron chi connectivity index (χ3n) is 4.84. The van der Waals surface area contributed by atoms with Crippen LogP contribution < -0.4 is 14.3 Å². The van der Waals surface area contributed by atoms with Crippen LogP contribution in [0.5, 0.6) is 11.5 Å². The number of sulfone groups is 1. The molecule has 1 amide bonds. The Morgan fingerprint density at radius 3 is 2.44 bits per heavy atom. The number of rotatable bonds is 8. The first-order valence-electron chi connectivity index (χ1n) is 9.85. The fraction of sp³-hybridized carbons (Fsp3) is 0.304. The van der Waals surface area contributed by atoms with E-state index in [2.05, 4.69) is 10.9 Å². The van der Waals surface area contributed by atoms with Crippen LogP contribution in [-0.4, -0.2) is 38.9 Å². The van der Waals surface area contributed by atoms with Gasteiger partial charge in [0, 0.05) is 18.6 Å². The van der Waals surface area contributed by atoms with Crippen molar-refractivity contribution in [2.45, 2.75) is 31.2 Å². The first kappa shape index (κ1) is 23.6. The van der Waals surface area contributed by atoms with Crippen molar-refractivity contribution in [1.29, 1.82) is 0 Å². The highest BCUT2D eigenvalue weighted by atomic mass is 32.2. The van der Waals surface area contributed by atoms with Gasteiger partial charge in [0.2, 0.25) is 5.91 Å². The molecule has 0 N–H and O–H groups in total. The van der Waals surface area contributed by atoms with Gasteiger partial charge >= 0.3 is 0 Å². The summed E-state index contributed by atoms with van der Waals surface area (Å²) < 4.78 is 38.2. The topological polar surface area (TPSA) is 87.0 Å². The van der Waals surface area contributed by atoms with Crippen molar-refractivity contribution >= 4 is 37.3 Å². The van der Waals surface area contributed by atoms with E-state index in [0.29, 0.717) is 16.3 Å². The normalized spacial score (nSPS) is 12.0. The Bertz CT molecular complexity index is 1340. The van der Waals surface area contributed by atoms with Gasteiger partial charge in [-0.2, -0.15) is 4.99 Å². The Morgan fingerprint density at radius 2 is 1.81 bits per heavy atom. The molecule has 32 heavy (non-hydrogen) atoms. The molecule has 9 heteroatoms. The number of hydrogen-bond acceptors (Lipinski definition) is 6. The first-order valence-corrected chi connectivity index (χ1v) is 12.3. The number of ether oxygens (including phenoxy) is 2. The number of terminal acetylenes is 1. The highest BCUT2D eigenvalue weighted by Crippen LogP contribution is 2.33. The lowest BCUT2D eigenvalue weighted by molar-refractivity contribution is -0.118. The molecule has 0 saturated carbocycles. The molecule has 0 aliphatic carbocycles. The Labute approximate surface area is 191 Å². The van der Waals surface area contributed by atoms with Gasteiger partial charge < -0.3 is 14.0 Å². The number of benzene rings is 2. The number of amides is 1. The van der Waals surface area contributed by atoms with Crippen molar-refractivity contribution < 1.29 is 22.7 Å². The molecule has 1 aromatic heterocycles. The molecule has 0 aliphatic heterocycles. The molecule has 3 rings (SSSR count). The van der Waals surface area contributed by atoms with Crippen molar-refractivity contribution in [3.05, 3.63) is 46.8 Å². The van der Waals surface area contributed by atoms with Crippen LogP contribution in [0.25, 0.3) is 10.2 Å². The van der Waals surface area contributed by atoms with Crippen LogP contribution in [0.2, 0.25) is 0 Å². The molecule has 0 aliphatic rings. The van der Waals surface area contributed by atoms with E-state index in [1.165, 1.54) is 11.3 Å². The molecule has 0 unspecified atom stereocenters. The van der Waals surface area contributed by atoms with Gasteiger partial charge in [0.05, 0.1) is 41.6 Å². The third-order valence-corrected chi connectivity index (χ3v) is 7.70. The number of thiazole rings is 1. The van der Waals surface area contributed by atoms with Gasteiger partial charge in [-0.3, -0.25) is 4.79 Å². The van der Waals surface area contributed by atoms with E-state index >= 15 is 0 Å². The van der Waals surface area contributed by atoms with Crippen LogP contribution in [0.4, 0.5) is 0 Å². The van der Waals surface area contributed by atoms with Crippen LogP contribution in [0.15, 0.2) is 46.3 Å². The van der Waals surface area contributed by atoms with Gasteiger partial charge in [-0.1, -0.05) is 35.0 Å². The molecule has 0 bridgehead atoms. The maximum Gasteiger partial charge on any atom is 0.248 e. The van der Waals surface area contributed by atoms with Crippen molar-refractivity contribution in [3.8, 4) is 23.8 Å². The molecule has 0 atom stereocenters. The first-order chi connectivity index (χ1) is 15.3. The molecule has 168 valence electrons. The minimum absolute atomic E-state index is 0.0159. The SMILES string of the molecule is C#CCn1c(=NC(=O)CCCS(=O)(=O)c2ccc(C)cc2)sc2cc(OC)c(OC)cc21. The average molecular weight is 473 g/mol. The molecular formula is C23H24N2O5S2.